The number of anilines is 1. The quantitative estimate of drug-likeness (QED) is 0.640. The molecule has 0 saturated heterocycles. The number of rotatable bonds is 6. The molecule has 0 aromatic heterocycles. The first-order valence-electron chi connectivity index (χ1n) is 6.49. The molecule has 0 atom stereocenters. The van der Waals surface area contributed by atoms with Gasteiger partial charge in [-0.1, -0.05) is 17.7 Å². The number of nitro groups is 1. The van der Waals surface area contributed by atoms with Crippen molar-refractivity contribution in [3.05, 3.63) is 63.2 Å². The molecule has 0 heterocycles. The molecule has 2 aromatic carbocycles. The van der Waals surface area contributed by atoms with Crippen molar-refractivity contribution in [1.82, 2.24) is 0 Å². The summed E-state index contributed by atoms with van der Waals surface area (Å²) in [6, 6.07) is 12.0. The maximum Gasteiger partial charge on any atom is 0.270 e. The number of nitrogens with zero attached hydrogens (tertiary/aromatic N) is 1. The average molecular weight is 307 g/mol. The normalized spacial score (nSPS) is 10.2. The summed E-state index contributed by atoms with van der Waals surface area (Å²) >= 11 is 6.05. The number of hydrogen-bond acceptors (Lipinski definition) is 4. The van der Waals surface area contributed by atoms with Crippen molar-refractivity contribution in [2.75, 3.05) is 11.9 Å². The zero-order chi connectivity index (χ0) is 15.2. The summed E-state index contributed by atoms with van der Waals surface area (Å²) in [5, 5.41) is 14.2. The minimum atomic E-state index is -0.464. The molecular formula is C15H15ClN2O3. The summed E-state index contributed by atoms with van der Waals surface area (Å²) in [6.45, 7) is 3.01. The predicted molar refractivity (Wildman–Crippen MR) is 83.0 cm³/mol. The van der Waals surface area contributed by atoms with E-state index in [1.165, 1.54) is 12.1 Å². The molecular weight excluding hydrogens is 292 g/mol. The van der Waals surface area contributed by atoms with Gasteiger partial charge >= 0.3 is 0 Å². The molecule has 2 aromatic rings. The van der Waals surface area contributed by atoms with Crippen LogP contribution in [0, 0.1) is 10.1 Å². The summed E-state index contributed by atoms with van der Waals surface area (Å²) in [5.41, 5.74) is 1.68. The number of hydrogen-bond donors (Lipinski definition) is 1. The molecule has 5 nitrogen and oxygen atoms in total. The lowest BCUT2D eigenvalue weighted by atomic mass is 10.2. The molecule has 0 aliphatic rings. The van der Waals surface area contributed by atoms with Crippen molar-refractivity contribution in [2.24, 2.45) is 0 Å². The van der Waals surface area contributed by atoms with Crippen LogP contribution in [0.2, 0.25) is 5.02 Å². The third kappa shape index (κ3) is 4.10. The molecule has 0 unspecified atom stereocenters. The zero-order valence-corrected chi connectivity index (χ0v) is 12.3. The van der Waals surface area contributed by atoms with Gasteiger partial charge in [0.15, 0.2) is 0 Å². The first-order valence-corrected chi connectivity index (χ1v) is 6.87. The van der Waals surface area contributed by atoms with Crippen molar-refractivity contribution in [3.63, 3.8) is 0 Å². The molecule has 0 aliphatic carbocycles. The number of nitro benzene ring substituents is 1. The van der Waals surface area contributed by atoms with Gasteiger partial charge in [0.1, 0.15) is 5.75 Å². The Kier molecular flexibility index (Phi) is 5.00. The van der Waals surface area contributed by atoms with Gasteiger partial charge in [0, 0.05) is 30.4 Å². The second-order valence-electron chi connectivity index (χ2n) is 4.35. The maximum absolute atomic E-state index is 10.7. The van der Waals surface area contributed by atoms with E-state index in [0.717, 1.165) is 17.0 Å². The lowest BCUT2D eigenvalue weighted by molar-refractivity contribution is -0.384. The molecule has 21 heavy (non-hydrogen) atoms. The third-order valence-corrected chi connectivity index (χ3v) is 3.23. The van der Waals surface area contributed by atoms with E-state index in [1.807, 2.05) is 31.2 Å². The van der Waals surface area contributed by atoms with Crippen LogP contribution < -0.4 is 10.1 Å². The average Bonchev–Trinajstić information content (AvgIpc) is 2.46. The number of ether oxygens (including phenoxy) is 1. The molecule has 110 valence electrons. The third-order valence-electron chi connectivity index (χ3n) is 2.88. The lowest BCUT2D eigenvalue weighted by Gasteiger charge is -2.10. The van der Waals surface area contributed by atoms with Crippen LogP contribution in [-0.2, 0) is 6.54 Å². The van der Waals surface area contributed by atoms with Gasteiger partial charge < -0.3 is 10.1 Å². The topological polar surface area (TPSA) is 64.4 Å². The van der Waals surface area contributed by atoms with Crippen molar-refractivity contribution in [1.29, 1.82) is 0 Å². The fourth-order valence-electron chi connectivity index (χ4n) is 1.85. The molecule has 2 rings (SSSR count). The van der Waals surface area contributed by atoms with Crippen LogP contribution in [0.25, 0.3) is 0 Å². The Hall–Kier alpha value is -2.27. The minimum Gasteiger partial charge on any atom is -0.494 e. The van der Waals surface area contributed by atoms with Crippen LogP contribution in [0.4, 0.5) is 11.4 Å². The van der Waals surface area contributed by atoms with Gasteiger partial charge in [-0.05, 0) is 30.7 Å². The van der Waals surface area contributed by atoms with Crippen molar-refractivity contribution in [2.45, 2.75) is 13.5 Å². The lowest BCUT2D eigenvalue weighted by Crippen LogP contribution is -2.01. The molecule has 1 N–H and O–H groups in total. The number of non-ortho nitro benzene ring substituents is 1. The van der Waals surface area contributed by atoms with Crippen LogP contribution in [0.3, 0.4) is 0 Å². The Morgan fingerprint density at radius 3 is 2.76 bits per heavy atom. The van der Waals surface area contributed by atoms with Gasteiger partial charge in [0.2, 0.25) is 0 Å². The first kappa shape index (κ1) is 15.1. The Balaban J connectivity index is 2.06. The van der Waals surface area contributed by atoms with E-state index in [0.29, 0.717) is 18.2 Å². The first-order chi connectivity index (χ1) is 10.1. The summed E-state index contributed by atoms with van der Waals surface area (Å²) in [7, 11) is 0. The van der Waals surface area contributed by atoms with Crippen LogP contribution in [0.15, 0.2) is 42.5 Å². The van der Waals surface area contributed by atoms with Crippen LogP contribution in [-0.4, -0.2) is 11.5 Å². The summed E-state index contributed by atoms with van der Waals surface area (Å²) in [6.07, 6.45) is 0. The van der Waals surface area contributed by atoms with Crippen molar-refractivity contribution < 1.29 is 9.66 Å². The fraction of sp³-hybridized carbons (Fsp3) is 0.200. The van der Waals surface area contributed by atoms with Gasteiger partial charge in [-0.3, -0.25) is 10.1 Å². The molecule has 0 bridgehead atoms. The van der Waals surface area contributed by atoms with E-state index in [2.05, 4.69) is 5.32 Å². The fourth-order valence-corrected chi connectivity index (χ4v) is 2.09. The predicted octanol–water partition coefficient (Wildman–Crippen LogP) is 4.26. The Morgan fingerprint density at radius 1 is 1.29 bits per heavy atom. The Morgan fingerprint density at radius 2 is 2.10 bits per heavy atom. The van der Waals surface area contributed by atoms with Crippen molar-refractivity contribution >= 4 is 23.0 Å². The number of halogens is 1. The molecule has 0 spiro atoms. The molecule has 6 heteroatoms. The largest absolute Gasteiger partial charge is 0.494 e. The van der Waals surface area contributed by atoms with E-state index in [-0.39, 0.29) is 5.69 Å². The second-order valence-corrected chi connectivity index (χ2v) is 4.75. The standard InChI is InChI=1S/C15H15ClN2O3/c1-2-21-14-5-3-4-12(8-14)17-10-11-6-7-13(18(19)20)9-15(11)16/h3-9,17H,2,10H2,1H3. The minimum absolute atomic E-state index is 0.0120. The summed E-state index contributed by atoms with van der Waals surface area (Å²) < 4.78 is 5.42. The highest BCUT2D eigenvalue weighted by atomic mass is 35.5. The van der Waals surface area contributed by atoms with Crippen LogP contribution in [0.1, 0.15) is 12.5 Å². The smallest absolute Gasteiger partial charge is 0.270 e. The van der Waals surface area contributed by atoms with Gasteiger partial charge in [-0.15, -0.1) is 0 Å². The molecule has 0 amide bonds. The highest BCUT2D eigenvalue weighted by molar-refractivity contribution is 6.31. The summed E-state index contributed by atoms with van der Waals surface area (Å²) in [5.74, 6) is 0.789. The number of benzene rings is 2. The van der Waals surface area contributed by atoms with Crippen LogP contribution >= 0.6 is 11.6 Å². The van der Waals surface area contributed by atoms with Gasteiger partial charge in [0.25, 0.3) is 5.69 Å². The second kappa shape index (κ2) is 6.95. The molecule has 0 radical (unpaired) electrons. The monoisotopic (exact) mass is 306 g/mol. The van der Waals surface area contributed by atoms with E-state index in [4.69, 9.17) is 16.3 Å². The summed E-state index contributed by atoms with van der Waals surface area (Å²) in [4.78, 5) is 10.2. The van der Waals surface area contributed by atoms with Gasteiger partial charge in [-0.2, -0.15) is 0 Å². The Bertz CT molecular complexity index is 647. The highest BCUT2D eigenvalue weighted by Gasteiger charge is 2.09. The number of nitrogens with one attached hydrogen (secondary N) is 1. The van der Waals surface area contributed by atoms with E-state index in [9.17, 15) is 10.1 Å². The molecule has 0 fully saturated rings. The molecule has 0 aliphatic heterocycles. The Labute approximate surface area is 127 Å². The van der Waals surface area contributed by atoms with Gasteiger partial charge in [-0.25, -0.2) is 0 Å². The SMILES string of the molecule is CCOc1cccc(NCc2ccc([N+](=O)[O-])cc2Cl)c1. The van der Waals surface area contributed by atoms with E-state index in [1.54, 1.807) is 6.07 Å². The van der Waals surface area contributed by atoms with Crippen LogP contribution in [0.5, 0.6) is 5.75 Å². The van der Waals surface area contributed by atoms with Crippen molar-refractivity contribution in [3.8, 4) is 5.75 Å². The van der Waals surface area contributed by atoms with Gasteiger partial charge in [0.05, 0.1) is 16.6 Å². The highest BCUT2D eigenvalue weighted by Crippen LogP contribution is 2.24. The zero-order valence-electron chi connectivity index (χ0n) is 11.5. The van der Waals surface area contributed by atoms with E-state index < -0.39 is 4.92 Å². The molecule has 0 saturated carbocycles. The maximum atomic E-state index is 10.7. The van der Waals surface area contributed by atoms with E-state index >= 15 is 0 Å².